The van der Waals surface area contributed by atoms with Crippen LogP contribution in [-0.2, 0) is 89.7 Å². The minimum Gasteiger partial charge on any atom is -0.491 e. The highest BCUT2D eigenvalue weighted by atomic mass is 16.6. The maximum Gasteiger partial charge on any atom is 0.410 e. The first-order valence-corrected chi connectivity index (χ1v) is 41.6. The van der Waals surface area contributed by atoms with Crippen molar-refractivity contribution < 1.29 is 81.6 Å². The van der Waals surface area contributed by atoms with E-state index in [9.17, 15) is 33.9 Å². The van der Waals surface area contributed by atoms with Crippen LogP contribution in [0.5, 0.6) is 11.5 Å². The zero-order chi connectivity index (χ0) is 91.3. The number of carboxylic acids is 1. The first kappa shape index (κ1) is 94.3. The van der Waals surface area contributed by atoms with Crippen LogP contribution >= 0.6 is 0 Å². The molecule has 35 nitrogen and oxygen atoms in total. The number of likely N-dealkylation sites (N-methyl/N-ethyl adjacent to an activating group) is 2. The Hall–Kier alpha value is -13.0. The van der Waals surface area contributed by atoms with Gasteiger partial charge >= 0.3 is 18.2 Å². The van der Waals surface area contributed by atoms with Gasteiger partial charge in [0.15, 0.2) is 0 Å². The van der Waals surface area contributed by atoms with Gasteiger partial charge in [-0.2, -0.15) is 5.11 Å². The molecular formula is C90H116N18O17. The van der Waals surface area contributed by atoms with Gasteiger partial charge in [-0.3, -0.25) is 63.4 Å². The van der Waals surface area contributed by atoms with E-state index >= 15 is 28.8 Å². The molecule has 0 aliphatic carbocycles. The number of aliphatic imine (C=N–C) groups is 1. The second kappa shape index (κ2) is 40.1. The van der Waals surface area contributed by atoms with E-state index in [4.69, 9.17) is 35.3 Å². The standard InChI is InChI=1S/C90H116N18O17/c1-51(104(15)85(120)124-89(9,10)11)75(109)98-73(87(3,4)5)82(116)106-39-37-65-71(106)80(114)95-67(46-56-26-32-58-22-18-20-24-60(58)42-56)78(112)97-69(84(118)119)44-54-29-35-64(36-30-54)123-50-62-48-108(103-102-62)70-38-40-107(83(117)74(88(6,7)8)99-76(110)52(2)105(16)86(121)125-90(12,13)14)72(70)81(115)96-66(45-55-25-31-57-21-17-19-23-59(57)41-55)77(111)94-68(79(113)101-92)43-53-27-33-63(34-28-53)122-49-61(100-91)47-93-65/h17-36,41-42,47-48,51-52,61,65-74,91H,37-40,43-46,49-50,92H2,1-16H3,(H,94,111)(H,95,114)(H,96,115)(H,97,112)(H,98,109)(H,99,110)(H,101,113)(H,118,119). The molecule has 11 N–H and O–H groups in total. The molecule has 13 atom stereocenters. The van der Waals surface area contributed by atoms with Gasteiger partial charge in [0.25, 0.3) is 5.91 Å². The number of fused-ring (bicyclic) bond motifs is 2. The van der Waals surface area contributed by atoms with Gasteiger partial charge in [0, 0.05) is 59.1 Å². The second-order valence-electron chi connectivity index (χ2n) is 36.2. The van der Waals surface area contributed by atoms with E-state index in [0.29, 0.717) is 22.3 Å². The van der Waals surface area contributed by atoms with Crippen molar-refractivity contribution in [1.29, 1.82) is 5.53 Å². The monoisotopic (exact) mass is 1720 g/mol. The number of amides is 11. The number of nitrogens with one attached hydrogen (secondary N) is 8. The Kier molecular flexibility index (Phi) is 30.3. The number of nitrogens with two attached hydrogens (primary N) is 1. The number of benzene rings is 6. The fourth-order valence-corrected chi connectivity index (χ4v) is 14.9. The van der Waals surface area contributed by atoms with Gasteiger partial charge < -0.3 is 65.8 Å². The SMILES string of the molecule is CC(C(=O)NC(C(=O)N1CCC2N=CC(N=N)COc3ccc(cc3)CC(C(=O)NN)NC(=O)C(Cc3ccc4ccccc4c3)NC(=O)C3C(CCN3C(=O)C(NC(=O)C(C)N(C)C(=O)OC(C)(C)C)C(C)(C)C)n3cc(nn3)COc3ccc(cc3)CC(C(=O)O)NC(=O)C(Cc3ccc4ccccc4c3)NC(=O)C21)C(C)(C)C)N(C)C(=O)OC(C)(C)C. The van der Waals surface area contributed by atoms with Crippen molar-refractivity contribution in [2.45, 2.75) is 232 Å². The highest BCUT2D eigenvalue weighted by Gasteiger charge is 2.51. The Labute approximate surface area is 726 Å². The van der Waals surface area contributed by atoms with E-state index in [1.54, 1.807) is 144 Å². The third kappa shape index (κ3) is 24.7. The van der Waals surface area contributed by atoms with Gasteiger partial charge in [0.1, 0.15) is 108 Å². The molecule has 2 saturated heterocycles. The molecule has 13 unspecified atom stereocenters. The van der Waals surface area contributed by atoms with Gasteiger partial charge in [-0.25, -0.2) is 30.4 Å². The van der Waals surface area contributed by atoms with E-state index in [0.717, 1.165) is 31.3 Å². The number of ether oxygens (including phenoxy) is 4. The molecule has 6 aliphatic heterocycles. The molecule has 6 aromatic carbocycles. The summed E-state index contributed by atoms with van der Waals surface area (Å²) in [5.41, 5.74) is 8.91. The van der Waals surface area contributed by atoms with Gasteiger partial charge in [-0.1, -0.05) is 156 Å². The number of hydrogen-bond acceptors (Lipinski definition) is 22. The molecule has 0 radical (unpaired) electrons. The van der Waals surface area contributed by atoms with Crippen molar-refractivity contribution in [2.75, 3.05) is 33.8 Å². The quantitative estimate of drug-likeness (QED) is 0.0214. The van der Waals surface area contributed by atoms with Crippen molar-refractivity contribution in [2.24, 2.45) is 26.8 Å². The Morgan fingerprint density at radius 1 is 0.584 bits per heavy atom. The number of rotatable bonds is 15. The molecule has 125 heavy (non-hydrogen) atoms. The largest absolute Gasteiger partial charge is 0.491 e. The van der Waals surface area contributed by atoms with Crippen molar-refractivity contribution in [3.63, 3.8) is 0 Å². The molecule has 0 spiro atoms. The number of likely N-dealkylation sites (tertiary alicyclic amines) is 2. The molecule has 7 heterocycles. The molecule has 7 aromatic rings. The van der Waals surface area contributed by atoms with Crippen LogP contribution < -0.4 is 52.6 Å². The number of nitrogens with zero attached hydrogens (tertiary/aromatic N) is 9. The Morgan fingerprint density at radius 3 is 1.48 bits per heavy atom. The average Bonchev–Trinajstić information content (AvgIpc) is 1.65. The van der Waals surface area contributed by atoms with Gasteiger partial charge in [0.05, 0.1) is 18.3 Å². The van der Waals surface area contributed by atoms with E-state index < -0.39 is 172 Å². The van der Waals surface area contributed by atoms with Crippen LogP contribution in [0.3, 0.4) is 0 Å². The highest BCUT2D eigenvalue weighted by Crippen LogP contribution is 2.35. The van der Waals surface area contributed by atoms with E-state index in [1.807, 2.05) is 72.8 Å². The molecule has 1 aromatic heterocycles. The molecule has 11 amide bonds. The number of carbonyl (C=O) groups excluding carboxylic acids is 11. The van der Waals surface area contributed by atoms with Gasteiger partial charge in [-0.15, -0.1) is 5.10 Å². The third-order valence-corrected chi connectivity index (χ3v) is 22.1. The number of carboxylic acid groups (broad SMARTS) is 1. The van der Waals surface area contributed by atoms with Crippen molar-refractivity contribution in [1.82, 2.24) is 71.9 Å². The maximum atomic E-state index is 15.8. The third-order valence-electron chi connectivity index (χ3n) is 22.1. The lowest BCUT2D eigenvalue weighted by molar-refractivity contribution is -0.145. The van der Waals surface area contributed by atoms with Crippen molar-refractivity contribution >= 4 is 99.1 Å². The lowest BCUT2D eigenvalue weighted by Crippen LogP contribution is -2.62. The Morgan fingerprint density at radius 2 is 1.02 bits per heavy atom. The smallest absolute Gasteiger partial charge is 0.410 e. The zero-order valence-corrected chi connectivity index (χ0v) is 73.5. The van der Waals surface area contributed by atoms with Crippen LogP contribution in [0.15, 0.2) is 150 Å². The number of hydrazine groups is 1. The molecule has 668 valence electrons. The summed E-state index contributed by atoms with van der Waals surface area (Å²) in [4.78, 5) is 185. The molecule has 6 aliphatic rings. The van der Waals surface area contributed by atoms with Gasteiger partial charge in [-0.05, 0) is 147 Å². The predicted octanol–water partition coefficient (Wildman–Crippen LogP) is 6.99. The number of aromatic nitrogens is 3. The van der Waals surface area contributed by atoms with Crippen molar-refractivity contribution in [3.8, 4) is 11.5 Å². The van der Waals surface area contributed by atoms with Crippen LogP contribution in [0.2, 0.25) is 0 Å². The minimum atomic E-state index is -1.60. The fraction of sp³-hybridized carbons (Fsp3) is 0.478. The molecule has 13 rings (SSSR count). The summed E-state index contributed by atoms with van der Waals surface area (Å²) >= 11 is 0. The lowest BCUT2D eigenvalue weighted by Gasteiger charge is -2.37. The molecular weight excluding hydrogens is 1610 g/mol. The summed E-state index contributed by atoms with van der Waals surface area (Å²) in [6, 6.07) is 21.4. The number of aliphatic carboxylic acids is 1. The van der Waals surface area contributed by atoms with Gasteiger partial charge in [0.2, 0.25) is 47.3 Å². The van der Waals surface area contributed by atoms with E-state index in [-0.39, 0.29) is 82.0 Å². The van der Waals surface area contributed by atoms with Crippen molar-refractivity contribution in [3.05, 3.63) is 168 Å². The molecule has 35 heteroatoms. The molecule has 0 saturated carbocycles. The minimum absolute atomic E-state index is 0.0250. The second-order valence-corrected chi connectivity index (χ2v) is 36.2. The predicted molar refractivity (Wildman–Crippen MR) is 463 cm³/mol. The zero-order valence-electron chi connectivity index (χ0n) is 73.5. The average molecular weight is 1720 g/mol. The first-order chi connectivity index (χ1) is 58.9. The Balaban J connectivity index is 1.01. The van der Waals surface area contributed by atoms with Crippen LogP contribution in [-0.4, -0.2) is 235 Å². The molecule has 2 fully saturated rings. The summed E-state index contributed by atoms with van der Waals surface area (Å²) < 4.78 is 24.9. The van der Waals surface area contributed by atoms with Crippen LogP contribution in [0.1, 0.15) is 144 Å². The fourth-order valence-electron chi connectivity index (χ4n) is 14.9. The Bertz CT molecular complexity index is 5150. The summed E-state index contributed by atoms with van der Waals surface area (Å²) in [6.07, 6.45) is 0.558. The summed E-state index contributed by atoms with van der Waals surface area (Å²) in [5, 5.41) is 44.0. The first-order valence-electron chi connectivity index (χ1n) is 41.6. The topological polar surface area (TPSA) is 464 Å². The van der Waals surface area contributed by atoms with Crippen LogP contribution in [0.25, 0.3) is 21.5 Å². The van der Waals surface area contributed by atoms with E-state index in [2.05, 4.69) is 52.8 Å². The maximum absolute atomic E-state index is 15.8. The highest BCUT2D eigenvalue weighted by molar-refractivity contribution is 6.00. The van der Waals surface area contributed by atoms with E-state index in [1.165, 1.54) is 54.8 Å². The number of carbonyl (C=O) groups is 12. The normalized spacial score (nSPS) is 21.3. The molecule has 6 bridgehead atoms. The van der Waals surface area contributed by atoms with Crippen LogP contribution in [0.4, 0.5) is 9.59 Å². The lowest BCUT2D eigenvalue weighted by atomic mass is 9.85. The number of hydrogen-bond donors (Lipinski definition) is 10. The summed E-state index contributed by atoms with van der Waals surface area (Å²) in [5.74, 6) is -2.13. The summed E-state index contributed by atoms with van der Waals surface area (Å²) in [6.45, 7) is 22.6. The summed E-state index contributed by atoms with van der Waals surface area (Å²) in [7, 11) is 2.78. The van der Waals surface area contributed by atoms with Crippen LogP contribution in [0, 0.1) is 16.4 Å².